The minimum Gasteiger partial charge on any atom is -0.354 e. The molecule has 1 unspecified atom stereocenters. The molecule has 178 valence electrons. The molecule has 0 radical (unpaired) electrons. The number of carbonyl (C=O) groups excluding carboxylic acids is 2. The van der Waals surface area contributed by atoms with E-state index in [1.54, 1.807) is 31.3 Å². The number of nitrogens with one attached hydrogen (secondary N) is 2. The Morgan fingerprint density at radius 2 is 1.56 bits per heavy atom. The summed E-state index contributed by atoms with van der Waals surface area (Å²) in [6.45, 7) is 8.17. The summed E-state index contributed by atoms with van der Waals surface area (Å²) in [6.07, 6.45) is 2.24. The average Bonchev–Trinajstić information content (AvgIpc) is 3.34. The van der Waals surface area contributed by atoms with Gasteiger partial charge >= 0.3 is 0 Å². The number of benzene rings is 1. The molecular weight excluding hydrogens is 543 g/mol. The van der Waals surface area contributed by atoms with Gasteiger partial charge in [-0.15, -0.1) is 24.0 Å². The number of amides is 2. The second kappa shape index (κ2) is 13.2. The fraction of sp³-hybridized carbons (Fsp3) is 0.591. The zero-order valence-corrected chi connectivity index (χ0v) is 21.9. The van der Waals surface area contributed by atoms with E-state index in [1.165, 1.54) is 0 Å². The van der Waals surface area contributed by atoms with Crippen molar-refractivity contribution in [2.24, 2.45) is 4.99 Å². The standard InChI is InChI=1S/C22H33ClN6O2.HI/c1-17(21(31)28-11-3-4-12-28)27-13-15-29(16-14-27)22(24-2)26-10-9-25-20(30)18-5-7-19(23)8-6-18;/h5-8,17H,3-4,9-16H2,1-2H3,(H,24,26)(H,25,30);1H. The van der Waals surface area contributed by atoms with Crippen molar-refractivity contribution in [1.29, 1.82) is 0 Å². The lowest BCUT2D eigenvalue weighted by Gasteiger charge is -2.39. The van der Waals surface area contributed by atoms with E-state index in [4.69, 9.17) is 11.6 Å². The number of hydrogen-bond acceptors (Lipinski definition) is 4. The van der Waals surface area contributed by atoms with Gasteiger partial charge < -0.3 is 20.4 Å². The van der Waals surface area contributed by atoms with Gasteiger partial charge in [0, 0.05) is 70.0 Å². The summed E-state index contributed by atoms with van der Waals surface area (Å²) in [7, 11) is 1.76. The summed E-state index contributed by atoms with van der Waals surface area (Å²) < 4.78 is 0. The van der Waals surface area contributed by atoms with E-state index in [1.807, 2.05) is 11.8 Å². The lowest BCUT2D eigenvalue weighted by atomic mass is 10.2. The quantitative estimate of drug-likeness (QED) is 0.234. The number of aliphatic imine (C=N–C) groups is 1. The Morgan fingerprint density at radius 1 is 0.969 bits per heavy atom. The van der Waals surface area contributed by atoms with Crippen molar-refractivity contribution in [3.8, 4) is 0 Å². The number of hydrogen-bond donors (Lipinski definition) is 2. The number of guanidine groups is 1. The Bertz CT molecular complexity index is 777. The topological polar surface area (TPSA) is 80.3 Å². The lowest BCUT2D eigenvalue weighted by Crippen LogP contribution is -2.57. The minimum atomic E-state index is -0.126. The first kappa shape index (κ1) is 26.7. The van der Waals surface area contributed by atoms with Crippen molar-refractivity contribution in [1.82, 2.24) is 25.3 Å². The fourth-order valence-corrected chi connectivity index (χ4v) is 4.19. The molecule has 3 rings (SSSR count). The molecule has 2 N–H and O–H groups in total. The molecule has 2 saturated heterocycles. The highest BCUT2D eigenvalue weighted by Crippen LogP contribution is 2.14. The van der Waals surface area contributed by atoms with Crippen molar-refractivity contribution in [3.05, 3.63) is 34.9 Å². The average molecular weight is 577 g/mol. The number of piperazine rings is 1. The summed E-state index contributed by atoms with van der Waals surface area (Å²) in [5, 5.41) is 6.81. The second-order valence-corrected chi connectivity index (χ2v) is 8.40. The Labute approximate surface area is 212 Å². The summed E-state index contributed by atoms with van der Waals surface area (Å²) in [5.74, 6) is 0.947. The molecule has 0 aromatic heterocycles. The van der Waals surface area contributed by atoms with Gasteiger partial charge in [0.2, 0.25) is 5.91 Å². The maximum Gasteiger partial charge on any atom is 0.251 e. The van der Waals surface area contributed by atoms with Crippen LogP contribution in [-0.2, 0) is 4.79 Å². The van der Waals surface area contributed by atoms with Crippen molar-refractivity contribution >= 4 is 53.4 Å². The number of rotatable bonds is 6. The molecule has 0 spiro atoms. The van der Waals surface area contributed by atoms with E-state index in [0.29, 0.717) is 23.7 Å². The third-order valence-corrected chi connectivity index (χ3v) is 6.20. The highest BCUT2D eigenvalue weighted by atomic mass is 127. The molecule has 8 nitrogen and oxygen atoms in total. The van der Waals surface area contributed by atoms with Gasteiger partial charge in [0.15, 0.2) is 5.96 Å². The van der Waals surface area contributed by atoms with Crippen LogP contribution in [0.4, 0.5) is 0 Å². The zero-order valence-electron chi connectivity index (χ0n) is 18.8. The van der Waals surface area contributed by atoms with Crippen LogP contribution >= 0.6 is 35.6 Å². The van der Waals surface area contributed by atoms with Gasteiger partial charge in [0.1, 0.15) is 0 Å². The van der Waals surface area contributed by atoms with Gasteiger partial charge in [-0.25, -0.2) is 0 Å². The Balaban J connectivity index is 0.00000363. The van der Waals surface area contributed by atoms with E-state index in [-0.39, 0.29) is 41.8 Å². The minimum absolute atomic E-state index is 0. The first-order valence-corrected chi connectivity index (χ1v) is 11.4. The number of halogens is 2. The Kier molecular flexibility index (Phi) is 11.0. The molecule has 1 aromatic rings. The molecule has 1 atom stereocenters. The molecular formula is C22H34ClIN6O2. The lowest BCUT2D eigenvalue weighted by molar-refractivity contribution is -0.135. The highest BCUT2D eigenvalue weighted by Gasteiger charge is 2.30. The normalized spacial score (nSPS) is 18.2. The third kappa shape index (κ3) is 7.21. The zero-order chi connectivity index (χ0) is 22.2. The maximum atomic E-state index is 12.7. The molecule has 0 saturated carbocycles. The maximum absolute atomic E-state index is 12.7. The molecule has 2 heterocycles. The molecule has 0 bridgehead atoms. The molecule has 2 fully saturated rings. The van der Waals surface area contributed by atoms with Crippen LogP contribution in [0.3, 0.4) is 0 Å². The van der Waals surface area contributed by atoms with Crippen LogP contribution in [0.2, 0.25) is 5.02 Å². The monoisotopic (exact) mass is 576 g/mol. The first-order chi connectivity index (χ1) is 15.0. The van der Waals surface area contributed by atoms with Gasteiger partial charge in [0.05, 0.1) is 6.04 Å². The van der Waals surface area contributed by atoms with Crippen molar-refractivity contribution < 1.29 is 9.59 Å². The second-order valence-electron chi connectivity index (χ2n) is 7.97. The van der Waals surface area contributed by atoms with E-state index in [2.05, 4.69) is 25.4 Å². The highest BCUT2D eigenvalue weighted by molar-refractivity contribution is 14.0. The summed E-state index contributed by atoms with van der Waals surface area (Å²) in [6, 6.07) is 6.75. The molecule has 2 aliphatic rings. The van der Waals surface area contributed by atoms with Gasteiger partial charge in [-0.3, -0.25) is 19.5 Å². The van der Waals surface area contributed by atoms with E-state index in [0.717, 1.165) is 58.1 Å². The Hall–Kier alpha value is -1.59. The van der Waals surface area contributed by atoms with E-state index in [9.17, 15) is 9.59 Å². The number of likely N-dealkylation sites (tertiary alicyclic amines) is 1. The predicted molar refractivity (Wildman–Crippen MR) is 139 cm³/mol. The SMILES string of the molecule is CN=C(NCCNC(=O)c1ccc(Cl)cc1)N1CCN(C(C)C(=O)N2CCCC2)CC1.I. The van der Waals surface area contributed by atoms with Crippen LogP contribution in [0.1, 0.15) is 30.1 Å². The van der Waals surface area contributed by atoms with Crippen LogP contribution in [0, 0.1) is 0 Å². The molecule has 2 amide bonds. The van der Waals surface area contributed by atoms with Crippen molar-refractivity contribution in [2.75, 3.05) is 59.4 Å². The molecule has 32 heavy (non-hydrogen) atoms. The van der Waals surface area contributed by atoms with Gasteiger partial charge in [-0.2, -0.15) is 0 Å². The van der Waals surface area contributed by atoms with Crippen LogP contribution in [0.25, 0.3) is 0 Å². The fourth-order valence-electron chi connectivity index (χ4n) is 4.06. The van der Waals surface area contributed by atoms with Crippen LogP contribution in [0.5, 0.6) is 0 Å². The van der Waals surface area contributed by atoms with Crippen molar-refractivity contribution in [2.45, 2.75) is 25.8 Å². The van der Waals surface area contributed by atoms with Gasteiger partial charge in [-0.05, 0) is 44.0 Å². The first-order valence-electron chi connectivity index (χ1n) is 11.0. The summed E-state index contributed by atoms with van der Waals surface area (Å²) in [5.41, 5.74) is 0.586. The smallest absolute Gasteiger partial charge is 0.251 e. The van der Waals surface area contributed by atoms with E-state index >= 15 is 0 Å². The summed E-state index contributed by atoms with van der Waals surface area (Å²) in [4.78, 5) is 35.7. The molecule has 1 aromatic carbocycles. The number of carbonyl (C=O) groups is 2. The van der Waals surface area contributed by atoms with Crippen LogP contribution < -0.4 is 10.6 Å². The number of nitrogens with zero attached hydrogens (tertiary/aromatic N) is 4. The van der Waals surface area contributed by atoms with Gasteiger partial charge in [0.25, 0.3) is 5.91 Å². The summed E-state index contributed by atoms with van der Waals surface area (Å²) >= 11 is 5.86. The molecule has 0 aliphatic carbocycles. The molecule has 10 heteroatoms. The van der Waals surface area contributed by atoms with E-state index < -0.39 is 0 Å². The Morgan fingerprint density at radius 3 is 2.16 bits per heavy atom. The van der Waals surface area contributed by atoms with Crippen LogP contribution in [-0.4, -0.2) is 97.9 Å². The molecule has 2 aliphatic heterocycles. The van der Waals surface area contributed by atoms with Crippen LogP contribution in [0.15, 0.2) is 29.3 Å². The van der Waals surface area contributed by atoms with Gasteiger partial charge in [-0.1, -0.05) is 11.6 Å². The van der Waals surface area contributed by atoms with Crippen molar-refractivity contribution in [3.63, 3.8) is 0 Å². The largest absolute Gasteiger partial charge is 0.354 e. The predicted octanol–water partition coefficient (Wildman–Crippen LogP) is 1.89. The third-order valence-electron chi connectivity index (χ3n) is 5.95.